The average molecular weight is 246 g/mol. The van der Waals surface area contributed by atoms with Crippen LogP contribution in [-0.4, -0.2) is 29.4 Å². The summed E-state index contributed by atoms with van der Waals surface area (Å²) in [4.78, 5) is 10.9. The van der Waals surface area contributed by atoms with Gasteiger partial charge in [-0.1, -0.05) is 24.3 Å². The summed E-state index contributed by atoms with van der Waals surface area (Å²) in [5.41, 5.74) is 0.0791. The molecule has 1 rings (SSSR count). The third-order valence-electron chi connectivity index (χ3n) is 2.09. The lowest BCUT2D eigenvalue weighted by Gasteiger charge is -2.13. The van der Waals surface area contributed by atoms with Gasteiger partial charge in [0.15, 0.2) is 6.10 Å². The van der Waals surface area contributed by atoms with E-state index in [1.165, 1.54) is 12.1 Å². The molecule has 0 saturated carbocycles. The fourth-order valence-corrected chi connectivity index (χ4v) is 1.30. The molecular formula is C11H12F2O4. The lowest BCUT2D eigenvalue weighted by molar-refractivity contribution is -0.151. The number of hydrogen-bond donors (Lipinski definition) is 2. The van der Waals surface area contributed by atoms with E-state index in [9.17, 15) is 13.6 Å². The Balaban J connectivity index is 2.83. The second kappa shape index (κ2) is 6.27. The highest BCUT2D eigenvalue weighted by molar-refractivity contribution is 5.74. The summed E-state index contributed by atoms with van der Waals surface area (Å²) in [7, 11) is 0. The smallest absolute Gasteiger partial charge is 0.337 e. The van der Waals surface area contributed by atoms with Crippen LogP contribution in [0.3, 0.4) is 0 Å². The third kappa shape index (κ3) is 3.76. The number of carboxylic acid groups (broad SMARTS) is 1. The molecule has 1 atom stereocenters. The first-order chi connectivity index (χ1) is 8.06. The van der Waals surface area contributed by atoms with Crippen LogP contribution in [0.4, 0.5) is 8.78 Å². The minimum atomic E-state index is -2.59. The van der Waals surface area contributed by atoms with Crippen molar-refractivity contribution in [2.45, 2.75) is 12.5 Å². The molecule has 6 heteroatoms. The van der Waals surface area contributed by atoms with Crippen molar-refractivity contribution in [1.29, 1.82) is 0 Å². The monoisotopic (exact) mass is 246 g/mol. The molecule has 1 aromatic rings. The van der Waals surface area contributed by atoms with Crippen LogP contribution in [-0.2, 0) is 9.53 Å². The Morgan fingerprint density at radius 1 is 1.24 bits per heavy atom. The fourth-order valence-electron chi connectivity index (χ4n) is 1.30. The van der Waals surface area contributed by atoms with Gasteiger partial charge >= 0.3 is 5.97 Å². The van der Waals surface area contributed by atoms with Crippen LogP contribution < -0.4 is 0 Å². The van der Waals surface area contributed by atoms with Crippen molar-refractivity contribution in [3.05, 3.63) is 35.4 Å². The number of carbonyl (C=O) groups is 1. The van der Waals surface area contributed by atoms with Crippen LogP contribution in [0.1, 0.15) is 23.7 Å². The maximum atomic E-state index is 12.3. The Labute approximate surface area is 96.5 Å². The van der Waals surface area contributed by atoms with E-state index < -0.39 is 18.5 Å². The summed E-state index contributed by atoms with van der Waals surface area (Å²) in [6.07, 6.45) is -3.85. The fraction of sp³-hybridized carbons (Fsp3) is 0.364. The normalized spacial score (nSPS) is 12.7. The molecule has 0 fully saturated rings. The van der Waals surface area contributed by atoms with Crippen LogP contribution in [0.25, 0.3) is 0 Å². The van der Waals surface area contributed by atoms with Crippen LogP contribution in [0.2, 0.25) is 0 Å². The standard InChI is InChI=1S/C11H12F2O4/c12-10(13)8-3-1-7(2-4-8)9(11(15)16)17-6-5-14/h1-4,9-10,14H,5-6H2,(H,15,16). The van der Waals surface area contributed by atoms with Gasteiger partial charge < -0.3 is 14.9 Å². The molecule has 2 N–H and O–H groups in total. The van der Waals surface area contributed by atoms with Gasteiger partial charge in [-0.3, -0.25) is 0 Å². The zero-order valence-corrected chi connectivity index (χ0v) is 8.85. The van der Waals surface area contributed by atoms with Crippen molar-refractivity contribution in [1.82, 2.24) is 0 Å². The lowest BCUT2D eigenvalue weighted by atomic mass is 10.1. The van der Waals surface area contributed by atoms with Gasteiger partial charge in [0.25, 0.3) is 6.43 Å². The van der Waals surface area contributed by atoms with Crippen LogP contribution in [0.15, 0.2) is 24.3 Å². The summed E-state index contributed by atoms with van der Waals surface area (Å²) in [5, 5.41) is 17.4. The van der Waals surface area contributed by atoms with Crippen molar-refractivity contribution in [3.63, 3.8) is 0 Å². The lowest BCUT2D eigenvalue weighted by Crippen LogP contribution is -2.17. The first-order valence-electron chi connectivity index (χ1n) is 4.89. The second-order valence-electron chi connectivity index (χ2n) is 3.28. The molecule has 94 valence electrons. The Morgan fingerprint density at radius 2 is 1.76 bits per heavy atom. The maximum absolute atomic E-state index is 12.3. The molecule has 0 heterocycles. The Morgan fingerprint density at radius 3 is 2.18 bits per heavy atom. The summed E-state index contributed by atoms with van der Waals surface area (Å²) in [6.45, 7) is -0.438. The first kappa shape index (κ1) is 13.5. The van der Waals surface area contributed by atoms with Gasteiger partial charge in [-0.25, -0.2) is 13.6 Å². The van der Waals surface area contributed by atoms with Crippen molar-refractivity contribution >= 4 is 5.97 Å². The third-order valence-corrected chi connectivity index (χ3v) is 2.09. The highest BCUT2D eigenvalue weighted by Gasteiger charge is 2.20. The highest BCUT2D eigenvalue weighted by Crippen LogP contribution is 2.23. The molecule has 0 aliphatic heterocycles. The number of carboxylic acids is 1. The minimum absolute atomic E-state index is 0.131. The van der Waals surface area contributed by atoms with Crippen molar-refractivity contribution in [3.8, 4) is 0 Å². The number of benzene rings is 1. The number of aliphatic hydroxyl groups is 1. The SMILES string of the molecule is O=C(O)C(OCCO)c1ccc(C(F)F)cc1. The summed E-state index contributed by atoms with van der Waals surface area (Å²) in [5.74, 6) is -1.23. The van der Waals surface area contributed by atoms with Crippen LogP contribution in [0, 0.1) is 0 Å². The molecule has 0 amide bonds. The van der Waals surface area contributed by atoms with E-state index in [1.54, 1.807) is 0 Å². The van der Waals surface area contributed by atoms with E-state index in [1.807, 2.05) is 0 Å². The van der Waals surface area contributed by atoms with Gasteiger partial charge in [-0.15, -0.1) is 0 Å². The van der Waals surface area contributed by atoms with Crippen LogP contribution >= 0.6 is 0 Å². The number of rotatable bonds is 6. The average Bonchev–Trinajstić information content (AvgIpc) is 2.29. The van der Waals surface area contributed by atoms with Gasteiger partial charge in [0.1, 0.15) is 0 Å². The van der Waals surface area contributed by atoms with E-state index in [2.05, 4.69) is 0 Å². The molecule has 0 aromatic heterocycles. The van der Waals surface area contributed by atoms with Gasteiger partial charge in [0, 0.05) is 5.56 Å². The van der Waals surface area contributed by atoms with Crippen molar-refractivity contribution < 1.29 is 28.5 Å². The zero-order chi connectivity index (χ0) is 12.8. The molecule has 0 radical (unpaired) electrons. The molecule has 0 aliphatic rings. The molecule has 0 bridgehead atoms. The second-order valence-corrected chi connectivity index (χ2v) is 3.28. The van der Waals surface area contributed by atoms with Crippen LogP contribution in [0.5, 0.6) is 0 Å². The highest BCUT2D eigenvalue weighted by atomic mass is 19.3. The number of alkyl halides is 2. The predicted molar refractivity (Wildman–Crippen MR) is 54.8 cm³/mol. The van der Waals surface area contributed by atoms with E-state index in [0.717, 1.165) is 12.1 Å². The molecule has 1 aromatic carbocycles. The van der Waals surface area contributed by atoms with E-state index >= 15 is 0 Å². The van der Waals surface area contributed by atoms with Gasteiger partial charge in [0.05, 0.1) is 13.2 Å². The number of ether oxygens (including phenoxy) is 1. The molecule has 0 spiro atoms. The van der Waals surface area contributed by atoms with E-state index in [0.29, 0.717) is 0 Å². The van der Waals surface area contributed by atoms with Gasteiger partial charge in [-0.2, -0.15) is 0 Å². The summed E-state index contributed by atoms with van der Waals surface area (Å²) >= 11 is 0. The number of halogens is 2. The van der Waals surface area contributed by atoms with E-state index in [4.69, 9.17) is 14.9 Å². The minimum Gasteiger partial charge on any atom is -0.479 e. The summed E-state index contributed by atoms with van der Waals surface area (Å²) < 4.78 is 29.5. The topological polar surface area (TPSA) is 66.8 Å². The molecular weight excluding hydrogens is 234 g/mol. The Hall–Kier alpha value is -1.53. The van der Waals surface area contributed by atoms with E-state index in [-0.39, 0.29) is 24.3 Å². The molecule has 0 saturated heterocycles. The zero-order valence-electron chi connectivity index (χ0n) is 8.85. The Bertz CT molecular complexity index is 364. The quantitative estimate of drug-likeness (QED) is 0.802. The first-order valence-corrected chi connectivity index (χ1v) is 4.89. The largest absolute Gasteiger partial charge is 0.479 e. The number of hydrogen-bond acceptors (Lipinski definition) is 3. The predicted octanol–water partition coefficient (Wildman–Crippen LogP) is 1.76. The van der Waals surface area contributed by atoms with Gasteiger partial charge in [0.2, 0.25) is 0 Å². The number of aliphatic carboxylic acids is 1. The molecule has 4 nitrogen and oxygen atoms in total. The van der Waals surface area contributed by atoms with Crippen molar-refractivity contribution in [2.75, 3.05) is 13.2 Å². The number of aliphatic hydroxyl groups excluding tert-OH is 1. The van der Waals surface area contributed by atoms with Gasteiger partial charge in [-0.05, 0) is 5.56 Å². The molecule has 1 unspecified atom stereocenters. The summed E-state index contributed by atoms with van der Waals surface area (Å²) in [6, 6.07) is 4.85. The molecule has 17 heavy (non-hydrogen) atoms. The molecule has 0 aliphatic carbocycles. The maximum Gasteiger partial charge on any atom is 0.337 e. The van der Waals surface area contributed by atoms with Crippen molar-refractivity contribution in [2.24, 2.45) is 0 Å². The Kier molecular flexibility index (Phi) is 4.99.